The molecular weight excluding hydrogens is 359 g/mol. The van der Waals surface area contributed by atoms with E-state index in [-0.39, 0.29) is 0 Å². The Morgan fingerprint density at radius 1 is 1.17 bits per heavy atom. The third kappa shape index (κ3) is 2.55. The second kappa shape index (κ2) is 5.04. The van der Waals surface area contributed by atoms with Gasteiger partial charge in [0.2, 0.25) is 0 Å². The standard InChI is InChI=1S/C14H13F5O4S/c1-24(21,22)8-3-2-7(23-6-4-13(16,17)5-6)9-10(8)12(20)14(18,19)11(9)15/h2-3,6,11-12,20H,4-5H2,1H3. The topological polar surface area (TPSA) is 63.6 Å². The number of ether oxygens (including phenoxy) is 1. The highest BCUT2D eigenvalue weighted by Crippen LogP contribution is 2.57. The van der Waals surface area contributed by atoms with Gasteiger partial charge in [0, 0.05) is 30.2 Å². The lowest BCUT2D eigenvalue weighted by Gasteiger charge is -2.35. The van der Waals surface area contributed by atoms with Gasteiger partial charge < -0.3 is 9.84 Å². The molecule has 1 aromatic rings. The van der Waals surface area contributed by atoms with Crippen molar-refractivity contribution in [1.29, 1.82) is 0 Å². The monoisotopic (exact) mass is 372 g/mol. The van der Waals surface area contributed by atoms with Crippen LogP contribution in [0.5, 0.6) is 5.75 Å². The number of rotatable bonds is 3. The molecule has 1 N–H and O–H groups in total. The Bertz CT molecular complexity index is 785. The van der Waals surface area contributed by atoms with Crippen molar-refractivity contribution in [3.8, 4) is 5.75 Å². The quantitative estimate of drug-likeness (QED) is 0.829. The van der Waals surface area contributed by atoms with Gasteiger partial charge in [-0.2, -0.15) is 8.78 Å². The van der Waals surface area contributed by atoms with Crippen molar-refractivity contribution < 1.29 is 40.2 Å². The number of sulfone groups is 1. The smallest absolute Gasteiger partial charge is 0.312 e. The summed E-state index contributed by atoms with van der Waals surface area (Å²) in [7, 11) is -4.03. The van der Waals surface area contributed by atoms with E-state index in [9.17, 15) is 35.5 Å². The van der Waals surface area contributed by atoms with Crippen molar-refractivity contribution >= 4 is 9.84 Å². The van der Waals surface area contributed by atoms with Gasteiger partial charge in [0.15, 0.2) is 16.0 Å². The van der Waals surface area contributed by atoms with E-state index in [1.54, 1.807) is 0 Å². The molecule has 1 saturated carbocycles. The van der Waals surface area contributed by atoms with E-state index in [1.165, 1.54) is 0 Å². The molecule has 1 fully saturated rings. The minimum absolute atomic E-state index is 0.457. The van der Waals surface area contributed by atoms with Crippen LogP contribution in [0.4, 0.5) is 22.0 Å². The first-order valence-electron chi connectivity index (χ1n) is 6.96. The Hall–Kier alpha value is -1.42. The van der Waals surface area contributed by atoms with Crippen LogP contribution < -0.4 is 4.74 Å². The summed E-state index contributed by atoms with van der Waals surface area (Å²) in [6.45, 7) is 0. The van der Waals surface area contributed by atoms with Gasteiger partial charge in [0.05, 0.1) is 4.90 Å². The van der Waals surface area contributed by atoms with Crippen molar-refractivity contribution in [2.75, 3.05) is 6.26 Å². The highest BCUT2D eigenvalue weighted by molar-refractivity contribution is 7.90. The molecule has 134 valence electrons. The summed E-state index contributed by atoms with van der Waals surface area (Å²) in [6, 6.07) is 1.85. The van der Waals surface area contributed by atoms with Gasteiger partial charge in [0.25, 0.3) is 5.92 Å². The zero-order valence-electron chi connectivity index (χ0n) is 12.3. The molecule has 0 aromatic heterocycles. The summed E-state index contributed by atoms with van der Waals surface area (Å²) in [6.07, 6.45) is -7.23. The normalized spacial score (nSPS) is 28.3. The maximum atomic E-state index is 14.2. The zero-order chi connectivity index (χ0) is 18.1. The molecule has 0 saturated heterocycles. The van der Waals surface area contributed by atoms with Crippen LogP contribution in [0.2, 0.25) is 0 Å². The first kappa shape index (κ1) is 17.4. The number of hydrogen-bond acceptors (Lipinski definition) is 4. The van der Waals surface area contributed by atoms with Gasteiger partial charge in [-0.15, -0.1) is 0 Å². The van der Waals surface area contributed by atoms with Gasteiger partial charge >= 0.3 is 5.92 Å². The van der Waals surface area contributed by atoms with Crippen LogP contribution in [-0.4, -0.2) is 37.7 Å². The average Bonchev–Trinajstić information content (AvgIpc) is 2.58. The maximum absolute atomic E-state index is 14.2. The fourth-order valence-electron chi connectivity index (χ4n) is 2.96. The van der Waals surface area contributed by atoms with Crippen LogP contribution >= 0.6 is 0 Å². The predicted octanol–water partition coefficient (Wildman–Crippen LogP) is 2.96. The fraction of sp³-hybridized carbons (Fsp3) is 0.571. The van der Waals surface area contributed by atoms with Gasteiger partial charge in [-0.1, -0.05) is 0 Å². The maximum Gasteiger partial charge on any atom is 0.312 e. The highest BCUT2D eigenvalue weighted by Gasteiger charge is 2.59. The molecular formula is C14H13F5O4S. The van der Waals surface area contributed by atoms with Gasteiger partial charge in [0.1, 0.15) is 18.0 Å². The van der Waals surface area contributed by atoms with Crippen molar-refractivity contribution in [2.24, 2.45) is 0 Å². The van der Waals surface area contributed by atoms with Crippen LogP contribution in [0, 0.1) is 0 Å². The number of halogens is 5. The molecule has 0 bridgehead atoms. The Kier molecular flexibility index (Phi) is 3.66. The summed E-state index contributed by atoms with van der Waals surface area (Å²) in [5, 5.41) is 9.71. The summed E-state index contributed by atoms with van der Waals surface area (Å²) >= 11 is 0. The molecule has 2 aliphatic carbocycles. The van der Waals surface area contributed by atoms with Crippen LogP contribution in [0.3, 0.4) is 0 Å². The van der Waals surface area contributed by atoms with Crippen LogP contribution in [0.1, 0.15) is 36.2 Å². The molecule has 10 heteroatoms. The summed E-state index contributed by atoms with van der Waals surface area (Å²) in [5.74, 6) is -7.63. The van der Waals surface area contributed by atoms with E-state index in [0.29, 0.717) is 0 Å². The predicted molar refractivity (Wildman–Crippen MR) is 71.9 cm³/mol. The number of fused-ring (bicyclic) bond motifs is 1. The molecule has 2 aliphatic rings. The van der Waals surface area contributed by atoms with Crippen LogP contribution in [0.15, 0.2) is 17.0 Å². The molecule has 1 aromatic carbocycles. The van der Waals surface area contributed by atoms with Crippen LogP contribution in [0.25, 0.3) is 0 Å². The molecule has 2 unspecified atom stereocenters. The van der Waals surface area contributed by atoms with Crippen molar-refractivity contribution in [1.82, 2.24) is 0 Å². The number of aliphatic hydroxyl groups is 1. The van der Waals surface area contributed by atoms with Gasteiger partial charge in [-0.25, -0.2) is 21.6 Å². The zero-order valence-corrected chi connectivity index (χ0v) is 13.1. The Labute approximate surface area is 134 Å². The molecule has 0 amide bonds. The van der Waals surface area contributed by atoms with E-state index >= 15 is 0 Å². The summed E-state index contributed by atoms with van der Waals surface area (Å²) in [5.41, 5.74) is -1.58. The largest absolute Gasteiger partial charge is 0.490 e. The molecule has 0 spiro atoms. The number of aliphatic hydroxyl groups excluding tert-OH is 1. The number of alkyl halides is 5. The molecule has 0 aliphatic heterocycles. The third-order valence-electron chi connectivity index (χ3n) is 4.18. The summed E-state index contributed by atoms with van der Waals surface area (Å²) in [4.78, 5) is -0.642. The van der Waals surface area contributed by atoms with E-state index in [0.717, 1.165) is 18.4 Å². The van der Waals surface area contributed by atoms with Crippen molar-refractivity contribution in [3.63, 3.8) is 0 Å². The first-order valence-corrected chi connectivity index (χ1v) is 8.85. The highest BCUT2D eigenvalue weighted by atomic mass is 32.2. The Balaban J connectivity index is 2.08. The molecule has 4 nitrogen and oxygen atoms in total. The van der Waals surface area contributed by atoms with E-state index in [1.807, 2.05) is 0 Å². The lowest BCUT2D eigenvalue weighted by atomic mass is 9.91. The van der Waals surface area contributed by atoms with E-state index < -0.39 is 74.7 Å². The number of hydrogen-bond donors (Lipinski definition) is 1. The van der Waals surface area contributed by atoms with Crippen molar-refractivity contribution in [3.05, 3.63) is 23.3 Å². The Morgan fingerprint density at radius 3 is 2.25 bits per heavy atom. The van der Waals surface area contributed by atoms with Crippen LogP contribution in [-0.2, 0) is 9.84 Å². The molecule has 3 rings (SSSR count). The lowest BCUT2D eigenvalue weighted by Crippen LogP contribution is -2.43. The molecule has 2 atom stereocenters. The van der Waals surface area contributed by atoms with Gasteiger partial charge in [-0.3, -0.25) is 0 Å². The van der Waals surface area contributed by atoms with Gasteiger partial charge in [-0.05, 0) is 12.1 Å². The molecule has 24 heavy (non-hydrogen) atoms. The SMILES string of the molecule is CS(=O)(=O)c1ccc(OC2CC(F)(F)C2)c2c1C(O)C(F)(F)C2F. The third-order valence-corrected chi connectivity index (χ3v) is 5.34. The minimum Gasteiger partial charge on any atom is -0.490 e. The molecule has 0 radical (unpaired) electrons. The number of benzene rings is 1. The average molecular weight is 372 g/mol. The van der Waals surface area contributed by atoms with Crippen molar-refractivity contribution in [2.45, 2.75) is 48.0 Å². The first-order chi connectivity index (χ1) is 10.8. The molecule has 0 heterocycles. The Morgan fingerprint density at radius 2 is 1.75 bits per heavy atom. The lowest BCUT2D eigenvalue weighted by molar-refractivity contribution is -0.145. The second-order valence-electron chi connectivity index (χ2n) is 6.11. The van der Waals surface area contributed by atoms with E-state index in [4.69, 9.17) is 4.74 Å². The summed E-state index contributed by atoms with van der Waals surface area (Å²) < 4.78 is 96.1. The minimum atomic E-state index is -4.25. The fourth-order valence-corrected chi connectivity index (χ4v) is 3.90. The second-order valence-corrected chi connectivity index (χ2v) is 8.09. The van der Waals surface area contributed by atoms with E-state index in [2.05, 4.69) is 0 Å².